The van der Waals surface area contributed by atoms with Crippen LogP contribution in [0.4, 0.5) is 0 Å². The Kier molecular flexibility index (Phi) is 7.83. The molecule has 0 spiro atoms. The molecule has 0 aliphatic carbocycles. The van der Waals surface area contributed by atoms with Gasteiger partial charge in [-0.3, -0.25) is 0 Å². The van der Waals surface area contributed by atoms with Crippen molar-refractivity contribution in [3.63, 3.8) is 0 Å². The minimum absolute atomic E-state index is 0.253. The quantitative estimate of drug-likeness (QED) is 0.562. The second kappa shape index (κ2) is 9.09. The van der Waals surface area contributed by atoms with Crippen LogP contribution in [0, 0.1) is 0 Å². The minimum atomic E-state index is 0.253. The van der Waals surface area contributed by atoms with Gasteiger partial charge in [0.1, 0.15) is 0 Å². The van der Waals surface area contributed by atoms with E-state index in [0.29, 0.717) is 6.61 Å². The van der Waals surface area contributed by atoms with Gasteiger partial charge >= 0.3 is 0 Å². The zero-order chi connectivity index (χ0) is 10.8. The zero-order valence-corrected chi connectivity index (χ0v) is 10.2. The molecular formula is C11H16O2S2. The fraction of sp³-hybridized carbons (Fsp3) is 0.455. The van der Waals surface area contributed by atoms with Gasteiger partial charge in [-0.25, -0.2) is 0 Å². The molecule has 84 valence electrons. The predicted molar refractivity (Wildman–Crippen MR) is 68.1 cm³/mol. The van der Waals surface area contributed by atoms with Gasteiger partial charge < -0.3 is 9.84 Å². The molecule has 0 aromatic heterocycles. The SMILES string of the molecule is OCCSSCCOCc1ccccc1. The maximum atomic E-state index is 8.55. The predicted octanol–water partition coefficient (Wildman–Crippen LogP) is 2.58. The van der Waals surface area contributed by atoms with Crippen LogP contribution in [0.15, 0.2) is 30.3 Å². The number of benzene rings is 1. The van der Waals surface area contributed by atoms with Crippen molar-refractivity contribution < 1.29 is 9.84 Å². The number of ether oxygens (including phenoxy) is 1. The Morgan fingerprint density at radius 2 is 1.80 bits per heavy atom. The molecule has 0 fully saturated rings. The lowest BCUT2D eigenvalue weighted by atomic mass is 10.2. The Labute approximate surface area is 98.8 Å². The fourth-order valence-corrected chi connectivity index (χ4v) is 2.64. The Hall–Kier alpha value is -0.160. The number of aliphatic hydroxyl groups excluding tert-OH is 1. The minimum Gasteiger partial charge on any atom is -0.395 e. The van der Waals surface area contributed by atoms with Crippen LogP contribution in [0.25, 0.3) is 0 Å². The van der Waals surface area contributed by atoms with E-state index in [2.05, 4.69) is 12.1 Å². The highest BCUT2D eigenvalue weighted by Crippen LogP contribution is 2.19. The van der Waals surface area contributed by atoms with Crippen molar-refractivity contribution >= 4 is 21.6 Å². The highest BCUT2D eigenvalue weighted by Gasteiger charge is 1.93. The maximum Gasteiger partial charge on any atom is 0.0717 e. The highest BCUT2D eigenvalue weighted by molar-refractivity contribution is 8.76. The first kappa shape index (κ1) is 12.9. The summed E-state index contributed by atoms with van der Waals surface area (Å²) in [6.45, 7) is 1.70. The van der Waals surface area contributed by atoms with Crippen molar-refractivity contribution in [2.45, 2.75) is 6.61 Å². The summed E-state index contributed by atoms with van der Waals surface area (Å²) in [4.78, 5) is 0. The Balaban J connectivity index is 1.93. The molecule has 4 heteroatoms. The summed E-state index contributed by atoms with van der Waals surface area (Å²) in [5.41, 5.74) is 1.21. The molecule has 0 radical (unpaired) electrons. The van der Waals surface area contributed by atoms with Gasteiger partial charge in [-0.15, -0.1) is 0 Å². The molecule has 0 heterocycles. The van der Waals surface area contributed by atoms with Crippen LogP contribution in [-0.2, 0) is 11.3 Å². The van der Waals surface area contributed by atoms with Gasteiger partial charge in [0, 0.05) is 11.5 Å². The van der Waals surface area contributed by atoms with E-state index in [1.165, 1.54) is 5.56 Å². The third-order valence-corrected chi connectivity index (χ3v) is 4.03. The molecule has 0 aliphatic heterocycles. The summed E-state index contributed by atoms with van der Waals surface area (Å²) >= 11 is 0. The van der Waals surface area contributed by atoms with E-state index in [1.54, 1.807) is 21.6 Å². The Morgan fingerprint density at radius 3 is 2.53 bits per heavy atom. The van der Waals surface area contributed by atoms with Gasteiger partial charge in [0.15, 0.2) is 0 Å². The normalized spacial score (nSPS) is 10.5. The molecule has 0 bridgehead atoms. The van der Waals surface area contributed by atoms with Crippen LogP contribution >= 0.6 is 21.6 Å². The van der Waals surface area contributed by atoms with Crippen molar-refractivity contribution in [1.29, 1.82) is 0 Å². The van der Waals surface area contributed by atoms with E-state index in [4.69, 9.17) is 9.84 Å². The van der Waals surface area contributed by atoms with Crippen LogP contribution < -0.4 is 0 Å². The third-order valence-electron chi connectivity index (χ3n) is 1.68. The first-order chi connectivity index (χ1) is 7.43. The van der Waals surface area contributed by atoms with Crippen LogP contribution in [0.1, 0.15) is 5.56 Å². The molecule has 1 rings (SSSR count). The molecule has 0 aliphatic rings. The summed E-state index contributed by atoms with van der Waals surface area (Å²) < 4.78 is 5.50. The standard InChI is InChI=1S/C11H16O2S2/c12-6-8-14-15-9-7-13-10-11-4-2-1-3-5-11/h1-5,12H,6-10H2. The van der Waals surface area contributed by atoms with Crippen molar-refractivity contribution in [2.24, 2.45) is 0 Å². The number of aliphatic hydroxyl groups is 1. The molecule has 2 nitrogen and oxygen atoms in total. The largest absolute Gasteiger partial charge is 0.395 e. The summed E-state index contributed by atoms with van der Waals surface area (Å²) in [7, 11) is 3.43. The summed E-state index contributed by atoms with van der Waals surface area (Å²) in [6, 6.07) is 10.2. The highest BCUT2D eigenvalue weighted by atomic mass is 33.1. The zero-order valence-electron chi connectivity index (χ0n) is 8.59. The summed E-state index contributed by atoms with van der Waals surface area (Å²) in [5, 5.41) is 8.55. The molecule has 0 amide bonds. The van der Waals surface area contributed by atoms with Crippen LogP contribution in [0.2, 0.25) is 0 Å². The van der Waals surface area contributed by atoms with Gasteiger partial charge in [0.25, 0.3) is 0 Å². The Bertz CT molecular complexity index is 242. The lowest BCUT2D eigenvalue weighted by Crippen LogP contribution is -1.97. The topological polar surface area (TPSA) is 29.5 Å². The molecule has 0 saturated carbocycles. The van der Waals surface area contributed by atoms with E-state index in [-0.39, 0.29) is 6.61 Å². The third kappa shape index (κ3) is 6.84. The van der Waals surface area contributed by atoms with Gasteiger partial charge in [-0.05, 0) is 5.56 Å². The molecule has 15 heavy (non-hydrogen) atoms. The summed E-state index contributed by atoms with van der Waals surface area (Å²) in [5.74, 6) is 1.76. The van der Waals surface area contributed by atoms with E-state index < -0.39 is 0 Å². The first-order valence-electron chi connectivity index (χ1n) is 4.90. The van der Waals surface area contributed by atoms with E-state index >= 15 is 0 Å². The molecular weight excluding hydrogens is 228 g/mol. The number of hydrogen-bond acceptors (Lipinski definition) is 4. The molecule has 0 atom stereocenters. The van der Waals surface area contributed by atoms with Crippen molar-refractivity contribution in [3.8, 4) is 0 Å². The summed E-state index contributed by atoms with van der Waals surface area (Å²) in [6.07, 6.45) is 0. The lowest BCUT2D eigenvalue weighted by Gasteiger charge is -2.03. The van der Waals surface area contributed by atoms with Crippen molar-refractivity contribution in [1.82, 2.24) is 0 Å². The smallest absolute Gasteiger partial charge is 0.0717 e. The van der Waals surface area contributed by atoms with E-state index in [0.717, 1.165) is 18.1 Å². The molecule has 0 unspecified atom stereocenters. The van der Waals surface area contributed by atoms with Crippen LogP contribution in [0.3, 0.4) is 0 Å². The molecule has 1 aromatic rings. The average Bonchev–Trinajstić information content (AvgIpc) is 2.29. The van der Waals surface area contributed by atoms with E-state index in [9.17, 15) is 0 Å². The molecule has 0 saturated heterocycles. The monoisotopic (exact) mass is 244 g/mol. The van der Waals surface area contributed by atoms with Crippen LogP contribution in [0.5, 0.6) is 0 Å². The molecule has 1 aromatic carbocycles. The van der Waals surface area contributed by atoms with Gasteiger partial charge in [0.05, 0.1) is 19.8 Å². The second-order valence-corrected chi connectivity index (χ2v) is 5.61. The van der Waals surface area contributed by atoms with E-state index in [1.807, 2.05) is 18.2 Å². The van der Waals surface area contributed by atoms with Crippen LogP contribution in [-0.4, -0.2) is 29.8 Å². The first-order valence-corrected chi connectivity index (χ1v) is 7.39. The lowest BCUT2D eigenvalue weighted by molar-refractivity contribution is 0.136. The fourth-order valence-electron chi connectivity index (χ4n) is 1.01. The second-order valence-electron chi connectivity index (χ2n) is 2.91. The van der Waals surface area contributed by atoms with Gasteiger partial charge in [-0.1, -0.05) is 51.9 Å². The number of rotatable bonds is 8. The van der Waals surface area contributed by atoms with Crippen molar-refractivity contribution in [3.05, 3.63) is 35.9 Å². The number of hydrogen-bond donors (Lipinski definition) is 1. The average molecular weight is 244 g/mol. The molecule has 1 N–H and O–H groups in total. The van der Waals surface area contributed by atoms with Gasteiger partial charge in [-0.2, -0.15) is 0 Å². The van der Waals surface area contributed by atoms with Crippen molar-refractivity contribution in [2.75, 3.05) is 24.7 Å². The Morgan fingerprint density at radius 1 is 1.07 bits per heavy atom. The maximum absolute atomic E-state index is 8.55. The van der Waals surface area contributed by atoms with Gasteiger partial charge in [0.2, 0.25) is 0 Å².